The molecule has 21 heavy (non-hydrogen) atoms. The summed E-state index contributed by atoms with van der Waals surface area (Å²) in [6, 6.07) is 2.96. The van der Waals surface area contributed by atoms with Gasteiger partial charge in [0.15, 0.2) is 0 Å². The molecule has 0 unspecified atom stereocenters. The average molecular weight is 379 g/mol. The molecule has 0 radical (unpaired) electrons. The molecule has 1 amide bonds. The standard InChI is InChI=1S/C13H10BrF3N2OS/c1-7-6-21-11(19-7)5-18-12(20)9-4-8(13(15,16)17)2-3-10(9)14/h2-4,6H,5H2,1H3,(H,18,20). The summed E-state index contributed by atoms with van der Waals surface area (Å²) in [7, 11) is 0. The molecule has 0 spiro atoms. The molecule has 0 fully saturated rings. The third-order valence-electron chi connectivity index (χ3n) is 2.61. The quantitative estimate of drug-likeness (QED) is 0.870. The van der Waals surface area contributed by atoms with E-state index in [-0.39, 0.29) is 12.1 Å². The zero-order chi connectivity index (χ0) is 15.6. The second-order valence-corrected chi connectivity index (χ2v) is 6.05. The Morgan fingerprint density at radius 1 is 1.43 bits per heavy atom. The highest BCUT2D eigenvalue weighted by Gasteiger charge is 2.31. The minimum atomic E-state index is -4.48. The van der Waals surface area contributed by atoms with Crippen LogP contribution >= 0.6 is 27.3 Å². The van der Waals surface area contributed by atoms with Crippen LogP contribution in [0.2, 0.25) is 0 Å². The van der Waals surface area contributed by atoms with Gasteiger partial charge in [-0.25, -0.2) is 4.98 Å². The lowest BCUT2D eigenvalue weighted by Crippen LogP contribution is -2.23. The third-order valence-corrected chi connectivity index (χ3v) is 4.26. The molecule has 1 heterocycles. The Kier molecular flexibility index (Phi) is 4.67. The second kappa shape index (κ2) is 6.15. The zero-order valence-corrected chi connectivity index (χ0v) is 13.2. The molecule has 112 valence electrons. The largest absolute Gasteiger partial charge is 0.416 e. The van der Waals surface area contributed by atoms with Crippen molar-refractivity contribution in [2.24, 2.45) is 0 Å². The molecule has 2 rings (SSSR count). The number of nitrogens with one attached hydrogen (secondary N) is 1. The maximum atomic E-state index is 12.7. The Bertz CT molecular complexity index is 670. The number of thiazole rings is 1. The first kappa shape index (κ1) is 16.0. The van der Waals surface area contributed by atoms with E-state index in [9.17, 15) is 18.0 Å². The molecule has 1 aromatic heterocycles. The van der Waals surface area contributed by atoms with Crippen molar-refractivity contribution in [1.29, 1.82) is 0 Å². The Hall–Kier alpha value is -1.41. The highest BCUT2D eigenvalue weighted by atomic mass is 79.9. The van der Waals surface area contributed by atoms with E-state index in [0.717, 1.165) is 17.8 Å². The highest BCUT2D eigenvalue weighted by Crippen LogP contribution is 2.31. The lowest BCUT2D eigenvalue weighted by atomic mass is 10.1. The summed E-state index contributed by atoms with van der Waals surface area (Å²) in [5.74, 6) is -0.583. The van der Waals surface area contributed by atoms with Crippen LogP contribution in [0.25, 0.3) is 0 Å². The molecule has 1 aromatic carbocycles. The van der Waals surface area contributed by atoms with Crippen LogP contribution in [0.15, 0.2) is 28.1 Å². The Morgan fingerprint density at radius 2 is 2.14 bits per heavy atom. The van der Waals surface area contributed by atoms with Crippen LogP contribution in [0, 0.1) is 6.92 Å². The predicted molar refractivity (Wildman–Crippen MR) is 77.2 cm³/mol. The van der Waals surface area contributed by atoms with E-state index in [1.54, 1.807) is 0 Å². The van der Waals surface area contributed by atoms with Gasteiger partial charge in [-0.2, -0.15) is 13.2 Å². The number of aryl methyl sites for hydroxylation is 1. The van der Waals surface area contributed by atoms with E-state index in [2.05, 4.69) is 26.2 Å². The van der Waals surface area contributed by atoms with Crippen molar-refractivity contribution in [2.45, 2.75) is 19.6 Å². The minimum absolute atomic E-state index is 0.0573. The van der Waals surface area contributed by atoms with Crippen LogP contribution in [-0.2, 0) is 12.7 Å². The van der Waals surface area contributed by atoms with E-state index in [1.165, 1.54) is 17.4 Å². The number of aromatic nitrogens is 1. The summed E-state index contributed by atoms with van der Waals surface area (Å²) in [5, 5.41) is 5.09. The maximum Gasteiger partial charge on any atom is 0.416 e. The van der Waals surface area contributed by atoms with Gasteiger partial charge >= 0.3 is 6.18 Å². The summed E-state index contributed by atoms with van der Waals surface area (Å²) in [6.07, 6.45) is -4.48. The fourth-order valence-corrected chi connectivity index (χ4v) is 2.75. The van der Waals surface area contributed by atoms with E-state index in [4.69, 9.17) is 0 Å². The van der Waals surface area contributed by atoms with Crippen LogP contribution < -0.4 is 5.32 Å². The van der Waals surface area contributed by atoms with Crippen molar-refractivity contribution in [3.05, 3.63) is 49.9 Å². The number of carbonyl (C=O) groups is 1. The van der Waals surface area contributed by atoms with Gasteiger partial charge in [0, 0.05) is 15.5 Å². The number of halogens is 4. The molecule has 0 aliphatic carbocycles. The monoisotopic (exact) mass is 378 g/mol. The molecule has 0 saturated heterocycles. The van der Waals surface area contributed by atoms with Gasteiger partial charge in [-0.05, 0) is 41.1 Å². The molecule has 2 aromatic rings. The fraction of sp³-hybridized carbons (Fsp3) is 0.231. The van der Waals surface area contributed by atoms with Crippen molar-refractivity contribution >= 4 is 33.2 Å². The number of nitrogens with zero attached hydrogens (tertiary/aromatic N) is 1. The summed E-state index contributed by atoms with van der Waals surface area (Å²) >= 11 is 4.47. The molecule has 0 bridgehead atoms. The SMILES string of the molecule is Cc1csc(CNC(=O)c2cc(C(F)(F)F)ccc2Br)n1. The molecular weight excluding hydrogens is 369 g/mol. The topological polar surface area (TPSA) is 42.0 Å². The van der Waals surface area contributed by atoms with Gasteiger partial charge in [-0.1, -0.05) is 0 Å². The molecule has 0 saturated carbocycles. The first-order valence-electron chi connectivity index (χ1n) is 5.83. The van der Waals surface area contributed by atoms with Gasteiger partial charge in [0.25, 0.3) is 5.91 Å². The van der Waals surface area contributed by atoms with Crippen LogP contribution in [0.5, 0.6) is 0 Å². The Morgan fingerprint density at radius 3 is 2.71 bits per heavy atom. The van der Waals surface area contributed by atoms with Gasteiger partial charge in [-0.15, -0.1) is 11.3 Å². The Labute approximate surface area is 131 Å². The van der Waals surface area contributed by atoms with Crippen molar-refractivity contribution in [3.8, 4) is 0 Å². The molecule has 0 aliphatic rings. The van der Waals surface area contributed by atoms with Crippen molar-refractivity contribution in [1.82, 2.24) is 10.3 Å². The van der Waals surface area contributed by atoms with Crippen LogP contribution in [-0.4, -0.2) is 10.9 Å². The first-order chi connectivity index (χ1) is 9.77. The van der Waals surface area contributed by atoms with Gasteiger partial charge in [0.05, 0.1) is 17.7 Å². The summed E-state index contributed by atoms with van der Waals surface area (Å²) in [6.45, 7) is 2.01. The van der Waals surface area contributed by atoms with Crippen molar-refractivity contribution < 1.29 is 18.0 Å². The number of carbonyl (C=O) groups excluding carboxylic acids is 1. The van der Waals surface area contributed by atoms with Crippen LogP contribution in [0.3, 0.4) is 0 Å². The van der Waals surface area contributed by atoms with Crippen molar-refractivity contribution in [3.63, 3.8) is 0 Å². The number of hydrogen-bond donors (Lipinski definition) is 1. The molecule has 1 N–H and O–H groups in total. The number of rotatable bonds is 3. The second-order valence-electron chi connectivity index (χ2n) is 4.26. The predicted octanol–water partition coefficient (Wildman–Crippen LogP) is 4.16. The molecule has 0 aliphatic heterocycles. The average Bonchev–Trinajstić information content (AvgIpc) is 2.81. The lowest BCUT2D eigenvalue weighted by Gasteiger charge is -2.10. The van der Waals surface area contributed by atoms with E-state index >= 15 is 0 Å². The maximum absolute atomic E-state index is 12.7. The van der Waals surface area contributed by atoms with E-state index < -0.39 is 17.6 Å². The van der Waals surface area contributed by atoms with Gasteiger partial charge in [0.1, 0.15) is 5.01 Å². The number of alkyl halides is 3. The molecular formula is C13H10BrF3N2OS. The smallest absolute Gasteiger partial charge is 0.345 e. The first-order valence-corrected chi connectivity index (χ1v) is 7.50. The zero-order valence-electron chi connectivity index (χ0n) is 10.8. The minimum Gasteiger partial charge on any atom is -0.345 e. The molecule has 8 heteroatoms. The van der Waals surface area contributed by atoms with Crippen LogP contribution in [0.4, 0.5) is 13.2 Å². The van der Waals surface area contributed by atoms with Gasteiger partial charge in [0.2, 0.25) is 0 Å². The third kappa shape index (κ3) is 4.04. The Balaban J connectivity index is 2.15. The number of amides is 1. The lowest BCUT2D eigenvalue weighted by molar-refractivity contribution is -0.137. The van der Waals surface area contributed by atoms with Crippen LogP contribution in [0.1, 0.15) is 26.6 Å². The van der Waals surface area contributed by atoms with E-state index in [0.29, 0.717) is 9.48 Å². The fourth-order valence-electron chi connectivity index (χ4n) is 1.61. The molecule has 0 atom stereocenters. The summed E-state index contributed by atoms with van der Waals surface area (Å²) in [5.41, 5.74) is -0.0801. The normalized spacial score (nSPS) is 11.5. The van der Waals surface area contributed by atoms with Gasteiger partial charge < -0.3 is 5.32 Å². The number of hydrogen-bond acceptors (Lipinski definition) is 3. The van der Waals surface area contributed by atoms with Gasteiger partial charge in [-0.3, -0.25) is 4.79 Å². The summed E-state index contributed by atoms with van der Waals surface area (Å²) in [4.78, 5) is 16.2. The number of benzene rings is 1. The highest BCUT2D eigenvalue weighted by molar-refractivity contribution is 9.10. The summed E-state index contributed by atoms with van der Waals surface area (Å²) < 4.78 is 38.3. The molecule has 3 nitrogen and oxygen atoms in total. The van der Waals surface area contributed by atoms with Crippen molar-refractivity contribution in [2.75, 3.05) is 0 Å². The van der Waals surface area contributed by atoms with E-state index in [1.807, 2.05) is 12.3 Å².